The van der Waals surface area contributed by atoms with Crippen molar-refractivity contribution < 1.29 is 0 Å². The molecule has 0 radical (unpaired) electrons. The first-order chi connectivity index (χ1) is 5.68. The van der Waals surface area contributed by atoms with Crippen molar-refractivity contribution in [1.29, 1.82) is 0 Å². The third-order valence-electron chi connectivity index (χ3n) is 1.29. The van der Waals surface area contributed by atoms with Gasteiger partial charge in [-0.3, -0.25) is 5.10 Å². The Morgan fingerprint density at radius 1 is 1.17 bits per heavy atom. The highest BCUT2D eigenvalue weighted by Crippen LogP contribution is 2.22. The molecule has 0 saturated heterocycles. The molecule has 0 aliphatic heterocycles. The van der Waals surface area contributed by atoms with E-state index in [1.165, 1.54) is 0 Å². The number of rotatable bonds is 0. The zero-order valence-electron chi connectivity index (χ0n) is 5.48. The molecular formula is C5HCl2IN4. The van der Waals surface area contributed by atoms with Crippen molar-refractivity contribution in [3.63, 3.8) is 0 Å². The van der Waals surface area contributed by atoms with Crippen molar-refractivity contribution in [3.05, 3.63) is 14.1 Å². The van der Waals surface area contributed by atoms with Gasteiger partial charge in [0.25, 0.3) is 0 Å². The number of nitrogens with one attached hydrogen (secondary N) is 1. The zero-order chi connectivity index (χ0) is 8.72. The Bertz CT molecular complexity index is 440. The van der Waals surface area contributed by atoms with Gasteiger partial charge in [-0.15, -0.1) is 0 Å². The minimum absolute atomic E-state index is 0.131. The molecule has 0 saturated carbocycles. The first-order valence-corrected chi connectivity index (χ1v) is 4.74. The average Bonchev–Trinajstić information content (AvgIpc) is 2.33. The molecule has 2 aromatic rings. The van der Waals surface area contributed by atoms with Gasteiger partial charge in [0, 0.05) is 0 Å². The first-order valence-electron chi connectivity index (χ1n) is 2.91. The smallest absolute Gasteiger partial charge is 0.224 e. The summed E-state index contributed by atoms with van der Waals surface area (Å²) in [5.41, 5.74) is 1.20. The molecule has 0 bridgehead atoms. The second kappa shape index (κ2) is 2.97. The van der Waals surface area contributed by atoms with Gasteiger partial charge in [0.2, 0.25) is 5.28 Å². The maximum absolute atomic E-state index is 5.75. The van der Waals surface area contributed by atoms with E-state index >= 15 is 0 Å². The number of halogens is 3. The van der Waals surface area contributed by atoms with Gasteiger partial charge < -0.3 is 0 Å². The molecule has 0 unspecified atom stereocenters. The largest absolute Gasteiger partial charge is 0.269 e. The second-order valence-corrected chi connectivity index (χ2v) is 3.79. The molecule has 2 aromatic heterocycles. The van der Waals surface area contributed by atoms with Crippen LogP contribution < -0.4 is 0 Å². The lowest BCUT2D eigenvalue weighted by molar-refractivity contribution is 1.09. The van der Waals surface area contributed by atoms with Crippen molar-refractivity contribution in [1.82, 2.24) is 20.2 Å². The molecule has 0 aliphatic carbocycles. The van der Waals surface area contributed by atoms with E-state index in [1.807, 2.05) is 0 Å². The summed E-state index contributed by atoms with van der Waals surface area (Å²) >= 11 is 13.4. The summed E-state index contributed by atoms with van der Waals surface area (Å²) in [4.78, 5) is 7.71. The van der Waals surface area contributed by atoms with E-state index in [9.17, 15) is 0 Å². The summed E-state index contributed by atoms with van der Waals surface area (Å²) in [6.07, 6.45) is 0. The first kappa shape index (κ1) is 8.46. The molecule has 0 atom stereocenters. The van der Waals surface area contributed by atoms with E-state index in [2.05, 4.69) is 42.8 Å². The van der Waals surface area contributed by atoms with E-state index in [4.69, 9.17) is 23.2 Å². The van der Waals surface area contributed by atoms with Crippen LogP contribution in [0.5, 0.6) is 0 Å². The third kappa shape index (κ3) is 1.25. The van der Waals surface area contributed by atoms with E-state index in [-0.39, 0.29) is 10.4 Å². The fourth-order valence-corrected chi connectivity index (χ4v) is 1.73. The highest BCUT2D eigenvalue weighted by molar-refractivity contribution is 14.1. The predicted octanol–water partition coefficient (Wildman–Crippen LogP) is 2.26. The Morgan fingerprint density at radius 3 is 2.67 bits per heavy atom. The molecular weight excluding hydrogens is 314 g/mol. The van der Waals surface area contributed by atoms with Crippen LogP contribution in [0.1, 0.15) is 0 Å². The van der Waals surface area contributed by atoms with E-state index in [0.717, 1.165) is 3.70 Å². The molecule has 2 rings (SSSR count). The number of fused-ring (bicyclic) bond motifs is 1. The quantitative estimate of drug-likeness (QED) is 0.461. The fraction of sp³-hybridized carbons (Fsp3) is 0. The molecule has 0 fully saturated rings. The lowest BCUT2D eigenvalue weighted by Gasteiger charge is -1.91. The van der Waals surface area contributed by atoms with Crippen molar-refractivity contribution in [2.45, 2.75) is 0 Å². The normalized spacial score (nSPS) is 10.9. The minimum atomic E-state index is 0.131. The van der Waals surface area contributed by atoms with Crippen LogP contribution in [0.2, 0.25) is 10.4 Å². The average molecular weight is 315 g/mol. The SMILES string of the molecule is Clc1nc(Cl)c2n[nH]c(I)c2n1. The molecule has 0 aromatic carbocycles. The molecule has 0 aliphatic rings. The molecule has 1 N–H and O–H groups in total. The number of aromatic nitrogens is 4. The zero-order valence-corrected chi connectivity index (χ0v) is 9.14. The number of aromatic amines is 1. The van der Waals surface area contributed by atoms with Crippen LogP contribution in [0.3, 0.4) is 0 Å². The third-order valence-corrected chi connectivity index (χ3v) is 2.47. The van der Waals surface area contributed by atoms with Crippen LogP contribution in [-0.2, 0) is 0 Å². The van der Waals surface area contributed by atoms with Gasteiger partial charge in [-0.25, -0.2) is 9.97 Å². The fourth-order valence-electron chi connectivity index (χ4n) is 0.812. The molecule has 0 amide bonds. The van der Waals surface area contributed by atoms with Gasteiger partial charge in [-0.05, 0) is 34.2 Å². The Hall–Kier alpha value is -0.140. The number of nitrogens with zero attached hydrogens (tertiary/aromatic N) is 3. The summed E-state index contributed by atoms with van der Waals surface area (Å²) in [6, 6.07) is 0. The number of hydrogen-bond donors (Lipinski definition) is 1. The summed E-state index contributed by atoms with van der Waals surface area (Å²) in [5.74, 6) is 0. The summed E-state index contributed by atoms with van der Waals surface area (Å²) in [7, 11) is 0. The van der Waals surface area contributed by atoms with Crippen molar-refractivity contribution in [2.24, 2.45) is 0 Å². The highest BCUT2D eigenvalue weighted by atomic mass is 127. The van der Waals surface area contributed by atoms with Gasteiger partial charge in [0.15, 0.2) is 5.15 Å². The topological polar surface area (TPSA) is 54.5 Å². The van der Waals surface area contributed by atoms with Crippen molar-refractivity contribution in [2.75, 3.05) is 0 Å². The lowest BCUT2D eigenvalue weighted by Crippen LogP contribution is -1.84. The van der Waals surface area contributed by atoms with E-state index < -0.39 is 0 Å². The van der Waals surface area contributed by atoms with Gasteiger partial charge in [-0.2, -0.15) is 5.10 Å². The Balaban J connectivity index is 2.92. The van der Waals surface area contributed by atoms with Crippen LogP contribution in [0.15, 0.2) is 0 Å². The predicted molar refractivity (Wildman–Crippen MR) is 54.4 cm³/mol. The number of hydrogen-bond acceptors (Lipinski definition) is 3. The number of H-pyrrole nitrogens is 1. The maximum Gasteiger partial charge on any atom is 0.224 e. The Labute approximate surface area is 90.8 Å². The van der Waals surface area contributed by atoms with Crippen LogP contribution in [-0.4, -0.2) is 20.2 Å². The van der Waals surface area contributed by atoms with Gasteiger partial charge >= 0.3 is 0 Å². The summed E-state index contributed by atoms with van der Waals surface area (Å²) in [6.45, 7) is 0. The molecule has 0 spiro atoms. The van der Waals surface area contributed by atoms with Gasteiger partial charge in [0.1, 0.15) is 14.7 Å². The van der Waals surface area contributed by atoms with E-state index in [0.29, 0.717) is 11.0 Å². The molecule has 4 nitrogen and oxygen atoms in total. The molecule has 12 heavy (non-hydrogen) atoms. The van der Waals surface area contributed by atoms with Crippen molar-refractivity contribution >= 4 is 56.8 Å². The lowest BCUT2D eigenvalue weighted by atomic mass is 10.5. The van der Waals surface area contributed by atoms with E-state index in [1.54, 1.807) is 0 Å². The van der Waals surface area contributed by atoms with Gasteiger partial charge in [0.05, 0.1) is 0 Å². The van der Waals surface area contributed by atoms with Crippen LogP contribution in [0.25, 0.3) is 11.0 Å². The second-order valence-electron chi connectivity index (χ2n) is 2.02. The Kier molecular flexibility index (Phi) is 2.09. The molecule has 7 heteroatoms. The summed E-state index contributed by atoms with van der Waals surface area (Å²) in [5, 5.41) is 7.05. The van der Waals surface area contributed by atoms with Crippen LogP contribution in [0.4, 0.5) is 0 Å². The van der Waals surface area contributed by atoms with Crippen LogP contribution in [0, 0.1) is 3.70 Å². The molecule has 62 valence electrons. The maximum atomic E-state index is 5.75. The van der Waals surface area contributed by atoms with Crippen molar-refractivity contribution in [3.8, 4) is 0 Å². The van der Waals surface area contributed by atoms with Gasteiger partial charge in [-0.1, -0.05) is 11.6 Å². The standard InChI is InChI=1S/C5HCl2IN4/c6-3-1-2(4(8)12-11-1)9-5(7)10-3/h(H,11,12). The van der Waals surface area contributed by atoms with Crippen LogP contribution >= 0.6 is 45.8 Å². The molecule has 2 heterocycles. The monoisotopic (exact) mass is 314 g/mol. The Morgan fingerprint density at radius 2 is 1.92 bits per heavy atom. The highest BCUT2D eigenvalue weighted by Gasteiger charge is 2.10. The summed E-state index contributed by atoms with van der Waals surface area (Å²) < 4.78 is 0.800. The minimum Gasteiger partial charge on any atom is -0.269 e.